The van der Waals surface area contributed by atoms with Crippen LogP contribution in [-0.2, 0) is 19.4 Å². The highest BCUT2D eigenvalue weighted by atomic mass is 15.5. The van der Waals surface area contributed by atoms with E-state index < -0.39 is 0 Å². The highest BCUT2D eigenvalue weighted by Gasteiger charge is 2.12. The van der Waals surface area contributed by atoms with Gasteiger partial charge in [-0.3, -0.25) is 0 Å². The Bertz CT molecular complexity index is 1080. The maximum absolute atomic E-state index is 4.65. The number of nitrogens with zero attached hydrogens (tertiary/aromatic N) is 6. The third-order valence-electron chi connectivity index (χ3n) is 4.79. The lowest BCUT2D eigenvalue weighted by molar-refractivity contribution is 0.630. The molecule has 146 valence electrons. The van der Waals surface area contributed by atoms with Crippen LogP contribution < -0.4 is 0 Å². The van der Waals surface area contributed by atoms with E-state index in [4.69, 9.17) is 0 Å². The zero-order valence-corrected chi connectivity index (χ0v) is 16.4. The molecule has 0 aliphatic carbocycles. The summed E-state index contributed by atoms with van der Waals surface area (Å²) in [5, 5.41) is 19.1. The van der Waals surface area contributed by atoms with E-state index in [0.717, 1.165) is 47.6 Å². The number of aromatic amines is 1. The zero-order chi connectivity index (χ0) is 20.1. The van der Waals surface area contributed by atoms with Gasteiger partial charge in [0.1, 0.15) is 5.82 Å². The average molecular weight is 385 g/mol. The first kappa shape index (κ1) is 18.7. The third kappa shape index (κ3) is 4.13. The van der Waals surface area contributed by atoms with Gasteiger partial charge in [-0.2, -0.15) is 10.3 Å². The van der Waals surface area contributed by atoms with Crippen LogP contribution in [0.4, 0.5) is 0 Å². The summed E-state index contributed by atoms with van der Waals surface area (Å²) >= 11 is 0. The van der Waals surface area contributed by atoms with Crippen molar-refractivity contribution in [2.45, 2.75) is 32.7 Å². The lowest BCUT2D eigenvalue weighted by Crippen LogP contribution is -2.07. The summed E-state index contributed by atoms with van der Waals surface area (Å²) in [6, 6.07) is 16.6. The highest BCUT2D eigenvalue weighted by Crippen LogP contribution is 2.29. The minimum Gasteiger partial charge on any atom is -0.245 e. The predicted molar refractivity (Wildman–Crippen MR) is 112 cm³/mol. The van der Waals surface area contributed by atoms with Crippen LogP contribution >= 0.6 is 0 Å². The highest BCUT2D eigenvalue weighted by molar-refractivity contribution is 5.80. The van der Waals surface area contributed by atoms with Gasteiger partial charge >= 0.3 is 0 Å². The van der Waals surface area contributed by atoms with Gasteiger partial charge in [-0.05, 0) is 28.3 Å². The van der Waals surface area contributed by atoms with E-state index in [1.807, 2.05) is 29.0 Å². The van der Waals surface area contributed by atoms with Gasteiger partial charge < -0.3 is 0 Å². The van der Waals surface area contributed by atoms with E-state index in [2.05, 4.69) is 74.5 Å². The molecule has 2 aromatic carbocycles. The zero-order valence-electron chi connectivity index (χ0n) is 16.4. The van der Waals surface area contributed by atoms with E-state index in [0.29, 0.717) is 12.4 Å². The van der Waals surface area contributed by atoms with Crippen LogP contribution in [0.15, 0.2) is 61.2 Å². The summed E-state index contributed by atoms with van der Waals surface area (Å²) in [7, 11) is 0. The number of benzene rings is 2. The van der Waals surface area contributed by atoms with Gasteiger partial charge in [0.05, 0.1) is 6.54 Å². The van der Waals surface area contributed by atoms with Crippen LogP contribution in [0.5, 0.6) is 0 Å². The van der Waals surface area contributed by atoms with E-state index in [1.165, 1.54) is 5.56 Å². The number of aryl methyl sites for hydroxylation is 2. The molecular weight excluding hydrogens is 362 g/mol. The molecule has 0 spiro atoms. The molecule has 0 fully saturated rings. The number of hydrogen-bond donors (Lipinski definition) is 1. The molecule has 7 heteroatoms. The standard InChI is InChI=1S/C22H23N7/c1-3-5-10-21-23-20(4-2)26-29(21)15-16-11-13-17(14-12-16)18-8-6-7-9-19(18)22-24-27-28-25-22/h3,6-9,11-14H,1,4-5,10,15H2,2H3,(H,24,25,27,28). The number of allylic oxidation sites excluding steroid dienone is 1. The molecular formula is C22H23N7. The molecule has 0 unspecified atom stereocenters. The molecule has 0 radical (unpaired) electrons. The molecule has 0 bridgehead atoms. The van der Waals surface area contributed by atoms with Crippen molar-refractivity contribution in [3.63, 3.8) is 0 Å². The smallest absolute Gasteiger partial charge is 0.205 e. The van der Waals surface area contributed by atoms with Gasteiger partial charge in [-0.25, -0.2) is 9.67 Å². The van der Waals surface area contributed by atoms with Gasteiger partial charge in [0.2, 0.25) is 5.82 Å². The molecule has 2 heterocycles. The van der Waals surface area contributed by atoms with Gasteiger partial charge in [-0.15, -0.1) is 16.8 Å². The van der Waals surface area contributed by atoms with Gasteiger partial charge in [0.15, 0.2) is 5.82 Å². The Morgan fingerprint density at radius 3 is 2.55 bits per heavy atom. The molecule has 29 heavy (non-hydrogen) atoms. The van der Waals surface area contributed by atoms with Crippen molar-refractivity contribution in [1.82, 2.24) is 35.4 Å². The quantitative estimate of drug-likeness (QED) is 0.466. The van der Waals surface area contributed by atoms with Gasteiger partial charge in [0, 0.05) is 18.4 Å². The molecule has 0 aliphatic heterocycles. The topological polar surface area (TPSA) is 85.2 Å². The first-order chi connectivity index (χ1) is 14.3. The molecule has 7 nitrogen and oxygen atoms in total. The van der Waals surface area contributed by atoms with Crippen LogP contribution in [0.1, 0.15) is 30.6 Å². The van der Waals surface area contributed by atoms with E-state index in [-0.39, 0.29) is 0 Å². The molecule has 0 atom stereocenters. The number of nitrogens with one attached hydrogen (secondary N) is 1. The maximum atomic E-state index is 4.65. The van der Waals surface area contributed by atoms with Crippen LogP contribution in [0, 0.1) is 0 Å². The Morgan fingerprint density at radius 2 is 1.86 bits per heavy atom. The normalized spacial score (nSPS) is 10.9. The van der Waals surface area contributed by atoms with Crippen molar-refractivity contribution in [2.75, 3.05) is 0 Å². The number of H-pyrrole nitrogens is 1. The fourth-order valence-corrected chi connectivity index (χ4v) is 3.29. The summed E-state index contributed by atoms with van der Waals surface area (Å²) in [6.45, 7) is 6.59. The van der Waals surface area contributed by atoms with E-state index in [1.54, 1.807) is 0 Å². The Balaban J connectivity index is 1.59. The minimum atomic E-state index is 0.589. The molecule has 0 saturated heterocycles. The molecule has 1 N–H and O–H groups in total. The van der Waals surface area contributed by atoms with Crippen molar-refractivity contribution in [2.24, 2.45) is 0 Å². The third-order valence-corrected chi connectivity index (χ3v) is 4.79. The first-order valence-corrected chi connectivity index (χ1v) is 9.74. The average Bonchev–Trinajstić information content (AvgIpc) is 3.43. The Kier molecular flexibility index (Phi) is 5.56. The number of hydrogen-bond acceptors (Lipinski definition) is 5. The summed E-state index contributed by atoms with van der Waals surface area (Å²) in [6.07, 6.45) is 4.50. The summed E-state index contributed by atoms with van der Waals surface area (Å²) in [5.41, 5.74) is 4.30. The van der Waals surface area contributed by atoms with Crippen LogP contribution in [0.25, 0.3) is 22.5 Å². The lowest BCUT2D eigenvalue weighted by atomic mass is 9.98. The molecule has 0 saturated carbocycles. The largest absolute Gasteiger partial charge is 0.245 e. The van der Waals surface area contributed by atoms with Crippen molar-refractivity contribution in [3.8, 4) is 22.5 Å². The second kappa shape index (κ2) is 8.60. The fourth-order valence-electron chi connectivity index (χ4n) is 3.29. The monoisotopic (exact) mass is 385 g/mol. The molecule has 2 aromatic heterocycles. The fraction of sp³-hybridized carbons (Fsp3) is 0.227. The number of tetrazole rings is 1. The Labute approximate surface area is 169 Å². The van der Waals surface area contributed by atoms with Gasteiger partial charge in [0.25, 0.3) is 0 Å². The van der Waals surface area contributed by atoms with Crippen LogP contribution in [-0.4, -0.2) is 35.4 Å². The van der Waals surface area contributed by atoms with Crippen molar-refractivity contribution < 1.29 is 0 Å². The second-order valence-corrected chi connectivity index (χ2v) is 6.76. The maximum Gasteiger partial charge on any atom is 0.205 e. The Hall–Kier alpha value is -3.61. The number of rotatable bonds is 8. The SMILES string of the molecule is C=CCCc1nc(CC)nn1Cc1ccc(-c2ccccc2-c2nn[nH]n2)cc1. The molecule has 4 rings (SSSR count). The van der Waals surface area contributed by atoms with Crippen molar-refractivity contribution in [3.05, 3.63) is 78.4 Å². The minimum absolute atomic E-state index is 0.589. The predicted octanol–water partition coefficient (Wildman–Crippen LogP) is 3.85. The van der Waals surface area contributed by atoms with Crippen LogP contribution in [0.2, 0.25) is 0 Å². The molecule has 4 aromatic rings. The van der Waals surface area contributed by atoms with E-state index in [9.17, 15) is 0 Å². The van der Waals surface area contributed by atoms with Crippen molar-refractivity contribution >= 4 is 0 Å². The summed E-state index contributed by atoms with van der Waals surface area (Å²) in [4.78, 5) is 4.65. The number of aromatic nitrogens is 7. The first-order valence-electron chi connectivity index (χ1n) is 9.74. The summed E-state index contributed by atoms with van der Waals surface area (Å²) in [5.74, 6) is 2.48. The second-order valence-electron chi connectivity index (χ2n) is 6.76. The van der Waals surface area contributed by atoms with Crippen molar-refractivity contribution in [1.29, 1.82) is 0 Å². The van der Waals surface area contributed by atoms with E-state index >= 15 is 0 Å². The lowest BCUT2D eigenvalue weighted by Gasteiger charge is -2.09. The summed E-state index contributed by atoms with van der Waals surface area (Å²) < 4.78 is 2.00. The van der Waals surface area contributed by atoms with Gasteiger partial charge in [-0.1, -0.05) is 61.5 Å². The molecule has 0 aliphatic rings. The van der Waals surface area contributed by atoms with Crippen LogP contribution in [0.3, 0.4) is 0 Å². The molecule has 0 amide bonds. The Morgan fingerprint density at radius 1 is 1.07 bits per heavy atom.